The second-order valence-electron chi connectivity index (χ2n) is 3.76. The fourth-order valence-electron chi connectivity index (χ4n) is 1.24. The van der Waals surface area contributed by atoms with E-state index >= 15 is 0 Å². The molecule has 10 heteroatoms. The summed E-state index contributed by atoms with van der Waals surface area (Å²) < 4.78 is 0. The van der Waals surface area contributed by atoms with E-state index < -0.39 is 13.0 Å². The van der Waals surface area contributed by atoms with Gasteiger partial charge >= 0.3 is 0 Å². The Labute approximate surface area is 150 Å². The Balaban J connectivity index is 0.000000360. The van der Waals surface area contributed by atoms with Gasteiger partial charge in [0.2, 0.25) is 13.0 Å². The molecular weight excluding hydrogens is 398 g/mol. The summed E-state index contributed by atoms with van der Waals surface area (Å²) in [5.74, 6) is 0. The van der Waals surface area contributed by atoms with Gasteiger partial charge in [-0.05, 0) is 47.9 Å². The molecule has 0 radical (unpaired) electrons. The SMILES string of the molecule is OP(O)(=S)c1ccccc1.OP(O)(=S)c1ccccc1.SS. The molecule has 122 valence electrons. The normalized spacial score (nSPS) is 10.6. The highest BCUT2D eigenvalue weighted by atomic mass is 33.1. The van der Waals surface area contributed by atoms with Crippen LogP contribution in [0.25, 0.3) is 0 Å². The molecule has 0 aliphatic rings. The molecular formula is C12H16O4P2S4. The Hall–Kier alpha value is 0.280. The van der Waals surface area contributed by atoms with Crippen molar-refractivity contribution in [2.24, 2.45) is 0 Å². The van der Waals surface area contributed by atoms with Crippen LogP contribution in [0.2, 0.25) is 0 Å². The number of hydrogen-bond donors (Lipinski definition) is 6. The highest BCUT2D eigenvalue weighted by Crippen LogP contribution is 2.33. The van der Waals surface area contributed by atoms with Gasteiger partial charge in [0.15, 0.2) is 0 Å². The summed E-state index contributed by atoms with van der Waals surface area (Å²) in [7, 11) is 0. The van der Waals surface area contributed by atoms with Gasteiger partial charge in [0.05, 0.1) is 0 Å². The molecule has 2 aromatic carbocycles. The summed E-state index contributed by atoms with van der Waals surface area (Å²) in [6.07, 6.45) is 0. The van der Waals surface area contributed by atoms with Crippen LogP contribution in [0.3, 0.4) is 0 Å². The summed E-state index contributed by atoms with van der Waals surface area (Å²) in [5, 5.41) is 0.870. The first-order valence-electron chi connectivity index (χ1n) is 5.63. The standard InChI is InChI=1S/2C6H7O2PS.H2S2/c2*7-9(8,10)6-4-2-1-3-5-6;1-2/h2*1-5H,(H2,7,8,10);1-2H. The van der Waals surface area contributed by atoms with Crippen molar-refractivity contribution in [2.45, 2.75) is 0 Å². The summed E-state index contributed by atoms with van der Waals surface area (Å²) in [4.78, 5) is 35.9. The van der Waals surface area contributed by atoms with E-state index in [2.05, 4.69) is 46.9 Å². The molecule has 0 amide bonds. The van der Waals surface area contributed by atoms with Crippen molar-refractivity contribution in [2.75, 3.05) is 0 Å². The Morgan fingerprint density at radius 3 is 0.955 bits per heavy atom. The maximum atomic E-state index is 8.97. The summed E-state index contributed by atoms with van der Waals surface area (Å²) in [6.45, 7) is -6.37. The zero-order valence-electron chi connectivity index (χ0n) is 11.2. The minimum Gasteiger partial charge on any atom is -0.342 e. The topological polar surface area (TPSA) is 80.9 Å². The highest BCUT2D eigenvalue weighted by molar-refractivity contribution is 8.59. The molecule has 0 spiro atoms. The van der Waals surface area contributed by atoms with Crippen molar-refractivity contribution < 1.29 is 19.6 Å². The van der Waals surface area contributed by atoms with Gasteiger partial charge in [0, 0.05) is 10.6 Å². The lowest BCUT2D eigenvalue weighted by Gasteiger charge is -2.05. The molecule has 2 rings (SSSR count). The van der Waals surface area contributed by atoms with E-state index in [9.17, 15) is 0 Å². The molecule has 0 aliphatic carbocycles. The molecule has 0 fully saturated rings. The van der Waals surface area contributed by atoms with Crippen LogP contribution < -0.4 is 10.6 Å². The van der Waals surface area contributed by atoms with Gasteiger partial charge in [0.25, 0.3) is 0 Å². The number of benzene rings is 2. The molecule has 0 bridgehead atoms. The van der Waals surface area contributed by atoms with Crippen LogP contribution in [-0.4, -0.2) is 19.6 Å². The summed E-state index contributed by atoms with van der Waals surface area (Å²) >= 11 is 15.4. The van der Waals surface area contributed by atoms with Crippen molar-refractivity contribution in [1.82, 2.24) is 0 Å². The maximum absolute atomic E-state index is 8.97. The fourth-order valence-corrected chi connectivity index (χ4v) is 3.10. The lowest BCUT2D eigenvalue weighted by Crippen LogP contribution is -2.00. The van der Waals surface area contributed by atoms with Crippen molar-refractivity contribution in [3.8, 4) is 0 Å². The minimum atomic E-state index is -3.18. The summed E-state index contributed by atoms with van der Waals surface area (Å²) in [6, 6.07) is 16.9. The molecule has 0 heterocycles. The van der Waals surface area contributed by atoms with Gasteiger partial charge in [0.1, 0.15) is 0 Å². The van der Waals surface area contributed by atoms with Crippen molar-refractivity contribution >= 4 is 70.5 Å². The summed E-state index contributed by atoms with van der Waals surface area (Å²) in [5.41, 5.74) is 0. The van der Waals surface area contributed by atoms with Gasteiger partial charge in [-0.3, -0.25) is 0 Å². The van der Waals surface area contributed by atoms with Crippen molar-refractivity contribution in [1.29, 1.82) is 0 Å². The highest BCUT2D eigenvalue weighted by Gasteiger charge is 2.09. The molecule has 2 aromatic rings. The Morgan fingerprint density at radius 2 is 0.818 bits per heavy atom. The third kappa shape index (κ3) is 9.43. The third-order valence-electron chi connectivity index (χ3n) is 2.19. The van der Waals surface area contributed by atoms with Crippen LogP contribution in [-0.2, 0) is 23.6 Å². The Morgan fingerprint density at radius 1 is 0.591 bits per heavy atom. The van der Waals surface area contributed by atoms with Crippen molar-refractivity contribution in [3.05, 3.63) is 60.7 Å². The predicted molar refractivity (Wildman–Crippen MR) is 108 cm³/mol. The lowest BCUT2D eigenvalue weighted by atomic mass is 10.4. The van der Waals surface area contributed by atoms with Crippen LogP contribution in [0.1, 0.15) is 0 Å². The molecule has 0 saturated heterocycles. The number of thiol groups is 2. The van der Waals surface area contributed by atoms with E-state index in [1.54, 1.807) is 60.7 Å². The third-order valence-corrected chi connectivity index (χ3v) is 5.39. The quantitative estimate of drug-likeness (QED) is 0.256. The number of rotatable bonds is 2. The van der Waals surface area contributed by atoms with E-state index in [1.165, 1.54) is 0 Å². The molecule has 0 atom stereocenters. The van der Waals surface area contributed by atoms with Gasteiger partial charge in [-0.25, -0.2) is 0 Å². The molecule has 4 nitrogen and oxygen atoms in total. The van der Waals surface area contributed by atoms with Crippen LogP contribution in [0, 0.1) is 0 Å². The molecule has 4 N–H and O–H groups in total. The van der Waals surface area contributed by atoms with E-state index in [4.69, 9.17) is 19.6 Å². The zero-order valence-corrected chi connectivity index (χ0v) is 16.4. The van der Waals surface area contributed by atoms with E-state index in [1.807, 2.05) is 0 Å². The van der Waals surface area contributed by atoms with Gasteiger partial charge in [-0.15, -0.1) is 23.3 Å². The second kappa shape index (κ2) is 10.9. The monoisotopic (exact) mass is 414 g/mol. The zero-order chi connectivity index (χ0) is 17.2. The molecule has 0 aliphatic heterocycles. The van der Waals surface area contributed by atoms with Crippen LogP contribution in [0.15, 0.2) is 60.7 Å². The van der Waals surface area contributed by atoms with Gasteiger partial charge < -0.3 is 19.6 Å². The van der Waals surface area contributed by atoms with E-state index in [0.717, 1.165) is 0 Å². The first-order valence-corrected chi connectivity index (χ1v) is 12.6. The molecule has 0 aromatic heterocycles. The second-order valence-corrected chi connectivity index (χ2v) is 10.0. The van der Waals surface area contributed by atoms with Crippen LogP contribution in [0.4, 0.5) is 0 Å². The average Bonchev–Trinajstić information content (AvgIpc) is 2.50. The molecule has 0 unspecified atom stereocenters. The first kappa shape index (κ1) is 22.3. The van der Waals surface area contributed by atoms with E-state index in [-0.39, 0.29) is 0 Å². The number of hydrogen-bond acceptors (Lipinski definition) is 4. The van der Waals surface area contributed by atoms with Crippen LogP contribution >= 0.6 is 36.3 Å². The Bertz CT molecular complexity index is 571. The largest absolute Gasteiger partial charge is 0.342 e. The fraction of sp³-hybridized carbons (Fsp3) is 0. The molecule has 0 saturated carbocycles. The average molecular weight is 414 g/mol. The maximum Gasteiger partial charge on any atom is 0.214 e. The van der Waals surface area contributed by atoms with Crippen LogP contribution in [0.5, 0.6) is 0 Å². The first-order chi connectivity index (χ1) is 10.2. The smallest absolute Gasteiger partial charge is 0.214 e. The molecule has 22 heavy (non-hydrogen) atoms. The predicted octanol–water partition coefficient (Wildman–Crippen LogP) is 1.97. The van der Waals surface area contributed by atoms with Gasteiger partial charge in [-0.2, -0.15) is 0 Å². The van der Waals surface area contributed by atoms with Gasteiger partial charge in [-0.1, -0.05) is 36.4 Å². The van der Waals surface area contributed by atoms with Crippen molar-refractivity contribution in [3.63, 3.8) is 0 Å². The van der Waals surface area contributed by atoms with E-state index in [0.29, 0.717) is 10.6 Å². The lowest BCUT2D eigenvalue weighted by molar-refractivity contribution is 0.492. The Kier molecular flexibility index (Phi) is 11.1. The minimum absolute atomic E-state index is 0.435.